The highest BCUT2D eigenvalue weighted by molar-refractivity contribution is 5.93. The zero-order valence-electron chi connectivity index (χ0n) is 18.3. The van der Waals surface area contributed by atoms with Crippen molar-refractivity contribution in [3.8, 4) is 5.75 Å². The molecule has 0 aliphatic heterocycles. The lowest BCUT2D eigenvalue weighted by molar-refractivity contribution is -0.137. The van der Waals surface area contributed by atoms with Gasteiger partial charge in [-0.05, 0) is 43.0 Å². The highest BCUT2D eigenvalue weighted by atomic mass is 19.1. The Morgan fingerprint density at radius 2 is 1.67 bits per heavy atom. The molecule has 0 saturated heterocycles. The number of carboxylic acids is 1. The predicted octanol–water partition coefficient (Wildman–Crippen LogP) is 5.09. The second-order valence-corrected chi connectivity index (χ2v) is 7.68. The van der Waals surface area contributed by atoms with Crippen molar-refractivity contribution in [3.05, 3.63) is 95.6 Å². The predicted molar refractivity (Wildman–Crippen MR) is 122 cm³/mol. The third-order valence-electron chi connectivity index (χ3n) is 5.10. The largest absolute Gasteiger partial charge is 0.493 e. The molecule has 0 atom stereocenters. The van der Waals surface area contributed by atoms with Crippen LogP contribution < -0.4 is 4.74 Å². The van der Waals surface area contributed by atoms with E-state index in [1.807, 2.05) is 54.6 Å². The van der Waals surface area contributed by atoms with E-state index in [-0.39, 0.29) is 12.3 Å². The molecule has 0 radical (unpaired) electrons. The van der Waals surface area contributed by atoms with Crippen molar-refractivity contribution in [2.75, 3.05) is 6.61 Å². The third-order valence-corrected chi connectivity index (χ3v) is 5.10. The number of aromatic nitrogens is 1. The van der Waals surface area contributed by atoms with Crippen LogP contribution in [0.1, 0.15) is 47.2 Å². The molecule has 6 nitrogen and oxygen atoms in total. The van der Waals surface area contributed by atoms with E-state index in [0.29, 0.717) is 37.4 Å². The van der Waals surface area contributed by atoms with Gasteiger partial charge in [0.25, 0.3) is 5.91 Å². The second kappa shape index (κ2) is 12.3. The topological polar surface area (TPSA) is 79.7 Å². The molecule has 33 heavy (non-hydrogen) atoms. The van der Waals surface area contributed by atoms with E-state index in [4.69, 9.17) is 9.84 Å². The van der Waals surface area contributed by atoms with Crippen LogP contribution in [-0.2, 0) is 17.9 Å². The summed E-state index contributed by atoms with van der Waals surface area (Å²) in [4.78, 5) is 29.2. The lowest BCUT2D eigenvalue weighted by Gasteiger charge is -2.24. The quantitative estimate of drug-likeness (QED) is 0.307. The normalized spacial score (nSPS) is 10.6. The molecule has 0 bridgehead atoms. The zero-order chi connectivity index (χ0) is 23.5. The third kappa shape index (κ3) is 7.71. The molecule has 0 aliphatic rings. The Hall–Kier alpha value is -3.74. The number of hydrogen-bond donors (Lipinski definition) is 1. The average molecular weight is 451 g/mol. The first-order valence-corrected chi connectivity index (χ1v) is 10.9. The van der Waals surface area contributed by atoms with Crippen molar-refractivity contribution < 1.29 is 23.8 Å². The number of aliphatic carboxylic acids is 1. The van der Waals surface area contributed by atoms with Crippen LogP contribution in [0.5, 0.6) is 5.75 Å². The summed E-state index contributed by atoms with van der Waals surface area (Å²) in [6, 6.07) is 19.8. The van der Waals surface area contributed by atoms with Crippen LogP contribution in [0.4, 0.5) is 4.39 Å². The molecule has 1 heterocycles. The molecule has 0 saturated carbocycles. The number of benzene rings is 2. The highest BCUT2D eigenvalue weighted by Crippen LogP contribution is 2.23. The number of rotatable bonds is 12. The van der Waals surface area contributed by atoms with Gasteiger partial charge in [0, 0.05) is 31.3 Å². The maximum atomic E-state index is 13.3. The van der Waals surface area contributed by atoms with Crippen LogP contribution in [0, 0.1) is 5.95 Å². The number of carboxylic acid groups (broad SMARTS) is 1. The molecular formula is C26H27FN2O4. The smallest absolute Gasteiger partial charge is 0.303 e. The molecule has 1 aromatic heterocycles. The number of amides is 1. The number of hydrogen-bond acceptors (Lipinski definition) is 4. The minimum atomic E-state index is -0.791. The molecule has 1 amide bonds. The standard InChI is InChI=1S/C26H27FN2O4/c27-24-15-14-21(17-28-24)26(32)29(18-20-9-3-1-4-10-20)19-22-11-6-7-12-23(22)33-16-8-2-5-13-25(30)31/h1,3-4,6-7,9-12,14-15,17H,2,5,8,13,16,18-19H2,(H,30,31). The van der Waals surface area contributed by atoms with Gasteiger partial charge in [0.15, 0.2) is 0 Å². The van der Waals surface area contributed by atoms with Gasteiger partial charge in [0.05, 0.1) is 12.2 Å². The number of halogens is 1. The minimum Gasteiger partial charge on any atom is -0.493 e. The van der Waals surface area contributed by atoms with Crippen LogP contribution in [0.2, 0.25) is 0 Å². The molecule has 2 aromatic carbocycles. The fourth-order valence-corrected chi connectivity index (χ4v) is 3.41. The lowest BCUT2D eigenvalue weighted by atomic mass is 10.1. The molecule has 0 spiro atoms. The van der Waals surface area contributed by atoms with Crippen LogP contribution in [0.25, 0.3) is 0 Å². The zero-order valence-corrected chi connectivity index (χ0v) is 18.3. The van der Waals surface area contributed by atoms with Crippen LogP contribution >= 0.6 is 0 Å². The van der Waals surface area contributed by atoms with Gasteiger partial charge in [-0.2, -0.15) is 4.39 Å². The van der Waals surface area contributed by atoms with E-state index < -0.39 is 11.9 Å². The fraction of sp³-hybridized carbons (Fsp3) is 0.269. The molecule has 0 fully saturated rings. The summed E-state index contributed by atoms with van der Waals surface area (Å²) in [6.07, 6.45) is 3.53. The number of carbonyl (C=O) groups is 2. The number of ether oxygens (including phenoxy) is 1. The van der Waals surface area contributed by atoms with Gasteiger partial charge in [-0.3, -0.25) is 9.59 Å². The van der Waals surface area contributed by atoms with Gasteiger partial charge in [-0.15, -0.1) is 0 Å². The molecule has 3 rings (SSSR count). The maximum absolute atomic E-state index is 13.3. The van der Waals surface area contributed by atoms with Gasteiger partial charge in [0.1, 0.15) is 5.75 Å². The van der Waals surface area contributed by atoms with E-state index in [9.17, 15) is 14.0 Å². The Morgan fingerprint density at radius 1 is 0.909 bits per heavy atom. The minimum absolute atomic E-state index is 0.158. The van der Waals surface area contributed by atoms with Crippen molar-refractivity contribution in [1.29, 1.82) is 0 Å². The van der Waals surface area contributed by atoms with Gasteiger partial charge < -0.3 is 14.7 Å². The molecule has 172 valence electrons. The Bertz CT molecular complexity index is 1040. The van der Waals surface area contributed by atoms with Gasteiger partial charge >= 0.3 is 5.97 Å². The summed E-state index contributed by atoms with van der Waals surface area (Å²) in [5.41, 5.74) is 2.13. The van der Waals surface area contributed by atoms with E-state index in [1.54, 1.807) is 4.90 Å². The summed E-state index contributed by atoms with van der Waals surface area (Å²) in [7, 11) is 0. The molecule has 3 aromatic rings. The molecule has 0 unspecified atom stereocenters. The summed E-state index contributed by atoms with van der Waals surface area (Å²) < 4.78 is 19.2. The fourth-order valence-electron chi connectivity index (χ4n) is 3.41. The van der Waals surface area contributed by atoms with Crippen molar-refractivity contribution in [1.82, 2.24) is 9.88 Å². The van der Waals surface area contributed by atoms with Crippen molar-refractivity contribution in [2.24, 2.45) is 0 Å². The van der Waals surface area contributed by atoms with Crippen molar-refractivity contribution in [3.63, 3.8) is 0 Å². The number of nitrogens with zero attached hydrogens (tertiary/aromatic N) is 2. The van der Waals surface area contributed by atoms with Gasteiger partial charge in [0.2, 0.25) is 5.95 Å². The van der Waals surface area contributed by atoms with Gasteiger partial charge in [-0.25, -0.2) is 4.98 Å². The Morgan fingerprint density at radius 3 is 2.39 bits per heavy atom. The molecular weight excluding hydrogens is 423 g/mol. The van der Waals surface area contributed by atoms with Crippen LogP contribution in [0.15, 0.2) is 72.9 Å². The Kier molecular flexibility index (Phi) is 8.94. The summed E-state index contributed by atoms with van der Waals surface area (Å²) in [5.74, 6) is -1.00. The average Bonchev–Trinajstić information content (AvgIpc) is 2.82. The van der Waals surface area contributed by atoms with E-state index in [0.717, 1.165) is 24.0 Å². The summed E-state index contributed by atoms with van der Waals surface area (Å²) in [6.45, 7) is 1.14. The van der Waals surface area contributed by atoms with Gasteiger partial charge in [-0.1, -0.05) is 48.5 Å². The van der Waals surface area contributed by atoms with Crippen molar-refractivity contribution >= 4 is 11.9 Å². The second-order valence-electron chi connectivity index (χ2n) is 7.68. The molecule has 1 N–H and O–H groups in total. The first kappa shape index (κ1) is 23.9. The number of carbonyl (C=O) groups excluding carboxylic acids is 1. The SMILES string of the molecule is O=C(O)CCCCCOc1ccccc1CN(Cc1ccccc1)C(=O)c1ccc(F)nc1. The highest BCUT2D eigenvalue weighted by Gasteiger charge is 2.19. The molecule has 0 aliphatic carbocycles. The van der Waals surface area contributed by atoms with E-state index >= 15 is 0 Å². The maximum Gasteiger partial charge on any atom is 0.303 e. The molecule has 7 heteroatoms. The van der Waals surface area contributed by atoms with Crippen LogP contribution in [0.3, 0.4) is 0 Å². The van der Waals surface area contributed by atoms with E-state index in [1.165, 1.54) is 18.3 Å². The number of unbranched alkanes of at least 4 members (excludes halogenated alkanes) is 2. The van der Waals surface area contributed by atoms with Crippen molar-refractivity contribution in [2.45, 2.75) is 38.8 Å². The first-order chi connectivity index (χ1) is 16.0. The summed E-state index contributed by atoms with van der Waals surface area (Å²) >= 11 is 0. The lowest BCUT2D eigenvalue weighted by Crippen LogP contribution is -2.30. The van der Waals surface area contributed by atoms with Crippen LogP contribution in [-0.4, -0.2) is 33.5 Å². The number of pyridine rings is 1. The first-order valence-electron chi connectivity index (χ1n) is 10.9. The van der Waals surface area contributed by atoms with E-state index in [2.05, 4.69) is 4.98 Å². The Balaban J connectivity index is 1.72. The summed E-state index contributed by atoms with van der Waals surface area (Å²) in [5, 5.41) is 8.73. The number of para-hydroxylation sites is 1. The monoisotopic (exact) mass is 450 g/mol. The Labute approximate surface area is 192 Å².